The summed E-state index contributed by atoms with van der Waals surface area (Å²) >= 11 is 0. The van der Waals surface area contributed by atoms with E-state index in [9.17, 15) is 0 Å². The Balaban J connectivity index is 0.934. The highest BCUT2D eigenvalue weighted by atomic mass is 28.3. The van der Waals surface area contributed by atoms with Gasteiger partial charge in [0.2, 0.25) is 0 Å². The van der Waals surface area contributed by atoms with E-state index in [1.807, 2.05) is 0 Å². The molecule has 478 valence electrons. The Labute approximate surface area is 598 Å². The molecule has 6 heteroatoms. The largest absolute Gasteiger partial charge is 0.311 e. The third-order valence-corrected chi connectivity index (χ3v) is 31.2. The van der Waals surface area contributed by atoms with Gasteiger partial charge in [0.25, 0.3) is 6.71 Å². The van der Waals surface area contributed by atoms with Crippen LogP contribution in [0.25, 0.3) is 60.9 Å². The van der Waals surface area contributed by atoms with Crippen molar-refractivity contribution in [1.82, 2.24) is 4.57 Å². The molecule has 16 aromatic carbocycles. The molecule has 2 aliphatic rings. The Bertz CT molecular complexity index is 5680. The molecule has 1 aromatic heterocycles. The third kappa shape index (κ3) is 9.85. The van der Waals surface area contributed by atoms with Crippen molar-refractivity contribution in [2.45, 2.75) is 0 Å². The van der Waals surface area contributed by atoms with Crippen molar-refractivity contribution in [2.75, 3.05) is 9.80 Å². The Kier molecular flexibility index (Phi) is 15.0. The van der Waals surface area contributed by atoms with Crippen LogP contribution in [0.4, 0.5) is 34.1 Å². The van der Waals surface area contributed by atoms with Crippen molar-refractivity contribution >= 4 is 137 Å². The third-order valence-electron chi connectivity index (χ3n) is 21.6. The van der Waals surface area contributed by atoms with Gasteiger partial charge in [-0.2, -0.15) is 0 Å². The lowest BCUT2D eigenvalue weighted by molar-refractivity contribution is 1.18. The number of para-hydroxylation sites is 3. The molecule has 0 N–H and O–H groups in total. The van der Waals surface area contributed by atoms with E-state index in [-0.39, 0.29) is 6.71 Å². The molecule has 0 saturated heterocycles. The number of hydrogen-bond acceptors (Lipinski definition) is 2. The quantitative estimate of drug-likeness (QED) is 0.0794. The van der Waals surface area contributed by atoms with Gasteiger partial charge in [-0.3, -0.25) is 0 Å². The molecule has 3 heterocycles. The van der Waals surface area contributed by atoms with Gasteiger partial charge in [-0.05, 0) is 170 Å². The van der Waals surface area contributed by atoms with Crippen LogP contribution in [0.3, 0.4) is 0 Å². The van der Waals surface area contributed by atoms with E-state index < -0.39 is 16.1 Å². The lowest BCUT2D eigenvalue weighted by Crippen LogP contribution is -2.75. The summed E-state index contributed by atoms with van der Waals surface area (Å²) in [5.74, 6) is 0. The molecule has 0 aliphatic carbocycles. The molecule has 0 bridgehead atoms. The van der Waals surface area contributed by atoms with E-state index in [4.69, 9.17) is 0 Å². The average Bonchev–Trinajstić information content (AvgIpc) is 0.874. The zero-order chi connectivity index (χ0) is 67.6. The Morgan fingerprint density at radius 2 is 0.539 bits per heavy atom. The molecule has 0 fully saturated rings. The summed E-state index contributed by atoms with van der Waals surface area (Å²) in [6.07, 6.45) is 0. The van der Waals surface area contributed by atoms with Crippen LogP contribution in [0.5, 0.6) is 0 Å². The fourth-order valence-corrected chi connectivity index (χ4v) is 26.8. The van der Waals surface area contributed by atoms with Crippen LogP contribution < -0.4 is 67.7 Å². The molecule has 102 heavy (non-hydrogen) atoms. The van der Waals surface area contributed by atoms with Gasteiger partial charge in [-0.25, -0.2) is 0 Å². The summed E-state index contributed by atoms with van der Waals surface area (Å²) < 4.78 is 2.48. The first-order valence-electron chi connectivity index (χ1n) is 35.4. The first-order valence-corrected chi connectivity index (χ1v) is 39.4. The Morgan fingerprint density at radius 3 is 1.01 bits per heavy atom. The maximum atomic E-state index is 2.66. The molecule has 0 radical (unpaired) electrons. The molecule has 19 rings (SSSR count). The first kappa shape index (κ1) is 60.6. The Morgan fingerprint density at radius 1 is 0.196 bits per heavy atom. The summed E-state index contributed by atoms with van der Waals surface area (Å²) in [7, 11) is -6.05. The minimum absolute atomic E-state index is 0.207. The SMILES string of the molecule is c1ccc(-c2cc(-c3cc4c5c(c3)N(c3ccccc3)c3cc(-c6ccccc6)ccc3B5c3cc([Si](c5ccccc5)(c5ccccc5)c5ccccc5)ccc3N4c3ccc([Si](c4ccccc4)(c4ccccc4)c4ccccc4)cc3)cc(-n3c4ccccc4c4ccccc43)c2)cc1. The van der Waals surface area contributed by atoms with Crippen molar-refractivity contribution in [3.63, 3.8) is 0 Å². The fraction of sp³-hybridized carbons (Fsp3) is 0. The smallest absolute Gasteiger partial charge is 0.252 e. The number of rotatable bonds is 14. The predicted molar refractivity (Wildman–Crippen MR) is 438 cm³/mol. The molecular weight excluding hydrogens is 1260 g/mol. The van der Waals surface area contributed by atoms with Gasteiger partial charge < -0.3 is 14.4 Å². The molecule has 0 unspecified atom stereocenters. The summed E-state index contributed by atoms with van der Waals surface area (Å²) in [4.78, 5) is 5.22. The summed E-state index contributed by atoms with van der Waals surface area (Å²) in [6.45, 7) is -0.207. The van der Waals surface area contributed by atoms with Crippen LogP contribution in [0.15, 0.2) is 413 Å². The molecule has 2 aliphatic heterocycles. The van der Waals surface area contributed by atoms with Crippen molar-refractivity contribution < 1.29 is 0 Å². The van der Waals surface area contributed by atoms with E-state index in [2.05, 4.69) is 427 Å². The number of hydrogen-bond donors (Lipinski definition) is 0. The highest BCUT2D eigenvalue weighted by Crippen LogP contribution is 2.48. The number of benzene rings is 16. The predicted octanol–water partition coefficient (Wildman–Crippen LogP) is 16.6. The summed E-state index contributed by atoms with van der Waals surface area (Å²) in [6, 6.07) is 156. The highest BCUT2D eigenvalue weighted by molar-refractivity contribution is 7.20. The van der Waals surface area contributed by atoms with E-state index in [0.717, 1.165) is 67.6 Å². The molecule has 0 saturated carbocycles. The summed E-state index contributed by atoms with van der Waals surface area (Å²) in [5.41, 5.74) is 20.8. The maximum absolute atomic E-state index is 3.10. The van der Waals surface area contributed by atoms with E-state index in [1.165, 1.54) is 85.3 Å². The normalized spacial score (nSPS) is 12.5. The van der Waals surface area contributed by atoms with Gasteiger partial charge in [0.15, 0.2) is 16.1 Å². The van der Waals surface area contributed by atoms with Crippen LogP contribution in [-0.4, -0.2) is 27.4 Å². The maximum Gasteiger partial charge on any atom is 0.252 e. The van der Waals surface area contributed by atoms with Gasteiger partial charge in [0.05, 0.1) is 11.0 Å². The molecular formula is C96H68BN3Si2. The van der Waals surface area contributed by atoms with Gasteiger partial charge in [0.1, 0.15) is 0 Å². The zero-order valence-electron chi connectivity index (χ0n) is 56.2. The molecule has 0 atom stereocenters. The molecule has 17 aromatic rings. The first-order chi connectivity index (χ1) is 50.6. The van der Waals surface area contributed by atoms with Crippen LogP contribution in [0.1, 0.15) is 0 Å². The van der Waals surface area contributed by atoms with Crippen LogP contribution in [0.2, 0.25) is 0 Å². The van der Waals surface area contributed by atoms with Crippen LogP contribution in [0, 0.1) is 0 Å². The molecule has 3 nitrogen and oxygen atoms in total. The van der Waals surface area contributed by atoms with Crippen LogP contribution in [-0.2, 0) is 0 Å². The minimum Gasteiger partial charge on any atom is -0.311 e. The van der Waals surface area contributed by atoms with Gasteiger partial charge in [-0.15, -0.1) is 0 Å². The summed E-state index contributed by atoms with van der Waals surface area (Å²) in [5, 5.41) is 13.1. The topological polar surface area (TPSA) is 11.4 Å². The van der Waals surface area contributed by atoms with Crippen molar-refractivity contribution in [2.24, 2.45) is 0 Å². The van der Waals surface area contributed by atoms with Crippen molar-refractivity contribution in [1.29, 1.82) is 0 Å². The van der Waals surface area contributed by atoms with Crippen molar-refractivity contribution in [3.05, 3.63) is 413 Å². The average molecular weight is 1330 g/mol. The number of aromatic nitrogens is 1. The Hall–Kier alpha value is -12.6. The van der Waals surface area contributed by atoms with E-state index >= 15 is 0 Å². The van der Waals surface area contributed by atoms with E-state index in [0.29, 0.717) is 0 Å². The van der Waals surface area contributed by atoms with Crippen molar-refractivity contribution in [3.8, 4) is 39.1 Å². The second-order valence-corrected chi connectivity index (χ2v) is 34.6. The lowest BCUT2D eigenvalue weighted by atomic mass is 9.33. The van der Waals surface area contributed by atoms with Crippen LogP contribution >= 0.6 is 0 Å². The standard InChI is InChI=1S/C96H68BN3Si2/c1-10-32-69(33-11-1)71-54-60-88-93(65-71)99(75-36-14-3-15-37-75)95-67-74(73-62-72(70-34-12-2-13-35-70)63-77(64-73)100-90-52-30-28-50-86(90)87-51-29-31-53-91(87)100)66-94-96(95)97(88)89-68-85(102(81-44-22-7-23-45-81,82-46-24-8-25-47-82)83-48-26-9-27-49-83)59-61-92(89)98(94)76-55-57-84(58-56-76)101(78-38-16-4-17-39-78,79-40-18-5-19-41-79)80-42-20-6-21-43-80/h1-68H. The molecule has 0 spiro atoms. The number of nitrogens with zero attached hydrogens (tertiary/aromatic N) is 3. The second-order valence-electron chi connectivity index (χ2n) is 27.0. The second kappa shape index (κ2) is 25.3. The fourth-order valence-electron chi connectivity index (χ4n) is 17.2. The van der Waals surface area contributed by atoms with Gasteiger partial charge >= 0.3 is 0 Å². The monoisotopic (exact) mass is 1330 g/mol. The number of fused-ring (bicyclic) bond motifs is 7. The van der Waals surface area contributed by atoms with E-state index in [1.54, 1.807) is 0 Å². The lowest BCUT2D eigenvalue weighted by Gasteiger charge is -2.45. The molecule has 0 amide bonds. The van der Waals surface area contributed by atoms with Gasteiger partial charge in [-0.1, -0.05) is 334 Å². The number of anilines is 6. The highest BCUT2D eigenvalue weighted by Gasteiger charge is 2.48. The van der Waals surface area contributed by atoms with Gasteiger partial charge in [0, 0.05) is 50.6 Å². The minimum atomic E-state index is -3.10. The zero-order valence-corrected chi connectivity index (χ0v) is 58.2.